The van der Waals surface area contributed by atoms with Crippen molar-refractivity contribution in [2.24, 2.45) is 23.2 Å². The molecule has 4 bridgehead atoms. The van der Waals surface area contributed by atoms with E-state index in [1.165, 1.54) is 50.3 Å². The molecular formula is C22H30N2O3S. The van der Waals surface area contributed by atoms with Crippen LogP contribution in [-0.4, -0.2) is 37.0 Å². The fourth-order valence-electron chi connectivity index (χ4n) is 5.95. The van der Waals surface area contributed by atoms with E-state index in [1.807, 2.05) is 0 Å². The van der Waals surface area contributed by atoms with E-state index in [0.717, 1.165) is 35.7 Å². The molecule has 5 nitrogen and oxygen atoms in total. The SMILES string of the molecule is COc1ccc(NC(=O)CSCC(=O)NCC23CC4CC(CC(C4)C2)C3)cc1. The lowest BCUT2D eigenvalue weighted by Crippen LogP contribution is -2.51. The molecule has 0 saturated heterocycles. The van der Waals surface area contributed by atoms with Crippen molar-refractivity contribution in [3.8, 4) is 5.75 Å². The second-order valence-electron chi connectivity index (χ2n) is 8.96. The summed E-state index contributed by atoms with van der Waals surface area (Å²) >= 11 is 1.36. The van der Waals surface area contributed by atoms with Crippen LogP contribution in [0.3, 0.4) is 0 Å². The smallest absolute Gasteiger partial charge is 0.234 e. The van der Waals surface area contributed by atoms with Gasteiger partial charge in [-0.05, 0) is 86.0 Å². The van der Waals surface area contributed by atoms with Gasteiger partial charge in [0.25, 0.3) is 0 Å². The summed E-state index contributed by atoms with van der Waals surface area (Å²) in [6, 6.07) is 7.22. The van der Waals surface area contributed by atoms with E-state index in [2.05, 4.69) is 10.6 Å². The fraction of sp³-hybridized carbons (Fsp3) is 0.636. The summed E-state index contributed by atoms with van der Waals surface area (Å²) in [5, 5.41) is 6.01. The van der Waals surface area contributed by atoms with Gasteiger partial charge in [-0.15, -0.1) is 11.8 Å². The number of ether oxygens (including phenoxy) is 1. The standard InChI is InChI=1S/C22H30N2O3S/c1-27-19-4-2-18(3-5-19)24-21(26)13-28-12-20(25)23-14-22-9-15-6-16(10-22)8-17(7-15)11-22/h2-5,15-17H,6-14H2,1H3,(H,23,25)(H,24,26). The van der Waals surface area contributed by atoms with E-state index >= 15 is 0 Å². The highest BCUT2D eigenvalue weighted by atomic mass is 32.2. The van der Waals surface area contributed by atoms with Crippen LogP contribution < -0.4 is 15.4 Å². The molecule has 0 unspecified atom stereocenters. The van der Waals surface area contributed by atoms with E-state index in [9.17, 15) is 9.59 Å². The summed E-state index contributed by atoms with van der Waals surface area (Å²) in [6.45, 7) is 0.827. The van der Waals surface area contributed by atoms with Crippen molar-refractivity contribution < 1.29 is 14.3 Å². The van der Waals surface area contributed by atoms with Gasteiger partial charge < -0.3 is 15.4 Å². The van der Waals surface area contributed by atoms with Gasteiger partial charge in [0.05, 0.1) is 18.6 Å². The average Bonchev–Trinajstić information content (AvgIpc) is 2.66. The number of anilines is 1. The summed E-state index contributed by atoms with van der Waals surface area (Å²) in [5.74, 6) is 4.03. The van der Waals surface area contributed by atoms with Crippen LogP contribution in [-0.2, 0) is 9.59 Å². The van der Waals surface area contributed by atoms with Crippen LogP contribution in [0.5, 0.6) is 5.75 Å². The molecule has 1 aromatic rings. The van der Waals surface area contributed by atoms with Crippen LogP contribution in [0.4, 0.5) is 5.69 Å². The largest absolute Gasteiger partial charge is 0.497 e. The van der Waals surface area contributed by atoms with Gasteiger partial charge in [-0.2, -0.15) is 0 Å². The number of nitrogens with one attached hydrogen (secondary N) is 2. The lowest BCUT2D eigenvalue weighted by Gasteiger charge is -2.56. The second kappa shape index (κ2) is 8.36. The third-order valence-corrected chi connectivity index (χ3v) is 7.60. The lowest BCUT2D eigenvalue weighted by atomic mass is 9.49. The van der Waals surface area contributed by atoms with E-state index < -0.39 is 0 Å². The van der Waals surface area contributed by atoms with Crippen LogP contribution in [0.25, 0.3) is 0 Å². The van der Waals surface area contributed by atoms with E-state index in [-0.39, 0.29) is 17.6 Å². The van der Waals surface area contributed by atoms with Crippen molar-refractivity contribution in [2.75, 3.05) is 30.5 Å². The van der Waals surface area contributed by atoms with Gasteiger partial charge in [-0.1, -0.05) is 0 Å². The number of amides is 2. The van der Waals surface area contributed by atoms with E-state index in [4.69, 9.17) is 4.74 Å². The Hall–Kier alpha value is -1.69. The molecule has 4 aliphatic rings. The average molecular weight is 403 g/mol. The van der Waals surface area contributed by atoms with Crippen molar-refractivity contribution in [2.45, 2.75) is 38.5 Å². The Labute approximate surface area is 171 Å². The molecule has 0 atom stereocenters. The number of carbonyl (C=O) groups is 2. The van der Waals surface area contributed by atoms with Crippen molar-refractivity contribution in [3.05, 3.63) is 24.3 Å². The van der Waals surface area contributed by atoms with Crippen LogP contribution >= 0.6 is 11.8 Å². The maximum absolute atomic E-state index is 12.3. The second-order valence-corrected chi connectivity index (χ2v) is 9.95. The zero-order chi connectivity index (χ0) is 19.6. The van der Waals surface area contributed by atoms with Gasteiger partial charge in [0, 0.05) is 12.2 Å². The zero-order valence-corrected chi connectivity index (χ0v) is 17.4. The molecule has 0 aromatic heterocycles. The molecule has 0 radical (unpaired) electrons. The van der Waals surface area contributed by atoms with Gasteiger partial charge in [0.15, 0.2) is 0 Å². The van der Waals surface area contributed by atoms with Gasteiger partial charge >= 0.3 is 0 Å². The van der Waals surface area contributed by atoms with Crippen LogP contribution in [0.15, 0.2) is 24.3 Å². The number of rotatable bonds is 8. The Morgan fingerprint density at radius 2 is 1.57 bits per heavy atom. The number of carbonyl (C=O) groups excluding carboxylic acids is 2. The Morgan fingerprint density at radius 1 is 1.00 bits per heavy atom. The number of hydrogen-bond acceptors (Lipinski definition) is 4. The number of thioether (sulfide) groups is 1. The third kappa shape index (κ3) is 4.65. The van der Waals surface area contributed by atoms with Crippen molar-refractivity contribution in [3.63, 3.8) is 0 Å². The minimum Gasteiger partial charge on any atom is -0.497 e. The summed E-state index contributed by atoms with van der Waals surface area (Å²) < 4.78 is 5.10. The molecule has 1 aromatic carbocycles. The molecule has 2 N–H and O–H groups in total. The molecule has 4 saturated carbocycles. The predicted octanol–water partition coefficient (Wildman–Crippen LogP) is 3.70. The topological polar surface area (TPSA) is 67.4 Å². The molecule has 0 spiro atoms. The minimum absolute atomic E-state index is 0.0537. The predicted molar refractivity (Wildman–Crippen MR) is 113 cm³/mol. The molecule has 0 heterocycles. The summed E-state index contributed by atoms with van der Waals surface area (Å²) in [5.41, 5.74) is 1.10. The van der Waals surface area contributed by atoms with Gasteiger partial charge in [0.1, 0.15) is 5.75 Å². The van der Waals surface area contributed by atoms with Gasteiger partial charge in [-0.25, -0.2) is 0 Å². The molecule has 4 fully saturated rings. The maximum Gasteiger partial charge on any atom is 0.234 e. The minimum atomic E-state index is -0.0935. The molecular weight excluding hydrogens is 372 g/mol. The van der Waals surface area contributed by atoms with Crippen LogP contribution in [0.1, 0.15) is 38.5 Å². The first-order valence-electron chi connectivity index (χ1n) is 10.3. The summed E-state index contributed by atoms with van der Waals surface area (Å²) in [4.78, 5) is 24.3. The Morgan fingerprint density at radius 3 is 2.14 bits per heavy atom. The van der Waals surface area contributed by atoms with Crippen molar-refractivity contribution in [1.82, 2.24) is 5.32 Å². The molecule has 0 aliphatic heterocycles. The molecule has 28 heavy (non-hydrogen) atoms. The van der Waals surface area contributed by atoms with Crippen molar-refractivity contribution >= 4 is 29.3 Å². The quantitative estimate of drug-likeness (QED) is 0.696. The molecule has 6 heteroatoms. The van der Waals surface area contributed by atoms with E-state index in [1.54, 1.807) is 31.4 Å². The first-order valence-corrected chi connectivity index (χ1v) is 11.5. The Kier molecular flexibility index (Phi) is 5.85. The molecule has 2 amide bonds. The Balaban J connectivity index is 1.15. The highest BCUT2D eigenvalue weighted by Crippen LogP contribution is 2.59. The summed E-state index contributed by atoms with van der Waals surface area (Å²) in [7, 11) is 1.61. The lowest BCUT2D eigenvalue weighted by molar-refractivity contribution is -0.120. The monoisotopic (exact) mass is 402 g/mol. The van der Waals surface area contributed by atoms with Crippen LogP contribution in [0.2, 0.25) is 0 Å². The first-order chi connectivity index (χ1) is 13.5. The Bertz CT molecular complexity index is 684. The molecule has 4 aliphatic carbocycles. The highest BCUT2D eigenvalue weighted by Gasteiger charge is 2.50. The normalized spacial score (nSPS) is 30.1. The fourth-order valence-corrected chi connectivity index (χ4v) is 6.60. The first kappa shape index (κ1) is 19.6. The van der Waals surface area contributed by atoms with Crippen molar-refractivity contribution in [1.29, 1.82) is 0 Å². The molecule has 5 rings (SSSR count). The van der Waals surface area contributed by atoms with Gasteiger partial charge in [0.2, 0.25) is 11.8 Å². The zero-order valence-electron chi connectivity index (χ0n) is 16.5. The number of hydrogen-bond donors (Lipinski definition) is 2. The van der Waals surface area contributed by atoms with Crippen LogP contribution in [0, 0.1) is 23.2 Å². The highest BCUT2D eigenvalue weighted by molar-refractivity contribution is 8.00. The number of benzene rings is 1. The number of methoxy groups -OCH3 is 1. The van der Waals surface area contributed by atoms with Gasteiger partial charge in [-0.3, -0.25) is 9.59 Å². The molecule has 152 valence electrons. The van der Waals surface area contributed by atoms with E-state index in [0.29, 0.717) is 11.2 Å². The third-order valence-electron chi connectivity index (χ3n) is 6.67. The maximum atomic E-state index is 12.3. The summed E-state index contributed by atoms with van der Waals surface area (Å²) in [6.07, 6.45) is 8.18.